The maximum atomic E-state index is 12.2. The fourth-order valence-electron chi connectivity index (χ4n) is 2.68. The van der Waals surface area contributed by atoms with E-state index in [0.717, 1.165) is 11.3 Å². The average molecular weight is 351 g/mol. The molecule has 1 aromatic carbocycles. The third-order valence-corrected chi connectivity index (χ3v) is 4.36. The van der Waals surface area contributed by atoms with Gasteiger partial charge in [0.05, 0.1) is 19.3 Å². The summed E-state index contributed by atoms with van der Waals surface area (Å²) in [5.41, 5.74) is 2.16. The Morgan fingerprint density at radius 1 is 1.21 bits per heavy atom. The molecule has 7 heteroatoms. The number of amides is 1. The summed E-state index contributed by atoms with van der Waals surface area (Å²) in [5, 5.41) is 22.9. The molecule has 0 bridgehead atoms. The second-order valence-electron chi connectivity index (χ2n) is 5.86. The van der Waals surface area contributed by atoms with Gasteiger partial charge in [0.15, 0.2) is 0 Å². The fourth-order valence-corrected chi connectivity index (χ4v) is 2.80. The van der Waals surface area contributed by atoms with Gasteiger partial charge in [0.2, 0.25) is 0 Å². The molecule has 0 radical (unpaired) electrons. The van der Waals surface area contributed by atoms with E-state index >= 15 is 0 Å². The van der Waals surface area contributed by atoms with E-state index in [1.807, 2.05) is 18.2 Å². The van der Waals surface area contributed by atoms with Crippen LogP contribution in [0.5, 0.6) is 0 Å². The molecule has 1 saturated heterocycles. The van der Waals surface area contributed by atoms with E-state index in [1.54, 1.807) is 18.2 Å². The van der Waals surface area contributed by atoms with Gasteiger partial charge >= 0.3 is 0 Å². The third kappa shape index (κ3) is 3.79. The number of carbonyl (C=O) groups excluding carboxylic acids is 1. The van der Waals surface area contributed by atoms with Crippen molar-refractivity contribution in [3.63, 3.8) is 0 Å². The predicted octanol–water partition coefficient (Wildman–Crippen LogP) is 1.43. The molecule has 1 aromatic heterocycles. The maximum Gasteiger partial charge on any atom is 0.267 e. The second-order valence-corrected chi connectivity index (χ2v) is 6.29. The Morgan fingerprint density at radius 2 is 1.96 bits per heavy atom. The smallest absolute Gasteiger partial charge is 0.267 e. The summed E-state index contributed by atoms with van der Waals surface area (Å²) in [7, 11) is 0. The van der Waals surface area contributed by atoms with Crippen molar-refractivity contribution in [2.45, 2.75) is 12.2 Å². The van der Waals surface area contributed by atoms with E-state index in [9.17, 15) is 15.0 Å². The minimum Gasteiger partial charge on any atom is -0.390 e. The molecule has 4 N–H and O–H groups in total. The summed E-state index contributed by atoms with van der Waals surface area (Å²) in [6.45, 7) is 0.651. The Kier molecular flexibility index (Phi) is 5.20. The first-order valence-corrected chi connectivity index (χ1v) is 8.09. The van der Waals surface area contributed by atoms with Gasteiger partial charge in [-0.2, -0.15) is 0 Å². The monoisotopic (exact) mass is 350 g/mol. The molecule has 1 aliphatic rings. The van der Waals surface area contributed by atoms with E-state index in [4.69, 9.17) is 16.3 Å². The number of aromatic nitrogens is 1. The molecule has 1 amide bonds. The lowest BCUT2D eigenvalue weighted by molar-refractivity contribution is -0.118. The first-order chi connectivity index (χ1) is 11.5. The number of hydrogen-bond donors (Lipinski definition) is 4. The normalized spacial score (nSPS) is 23.9. The predicted molar refractivity (Wildman–Crippen MR) is 89.9 cm³/mol. The van der Waals surface area contributed by atoms with Crippen LogP contribution in [0.4, 0.5) is 0 Å². The number of nitrogens with one attached hydrogen (secondary N) is 2. The summed E-state index contributed by atoms with van der Waals surface area (Å²) in [4.78, 5) is 15.3. The lowest BCUT2D eigenvalue weighted by Crippen LogP contribution is -2.48. The first-order valence-electron chi connectivity index (χ1n) is 7.71. The maximum absolute atomic E-state index is 12.2. The highest BCUT2D eigenvalue weighted by Gasteiger charge is 2.31. The number of aliphatic hydroxyl groups is 2. The van der Waals surface area contributed by atoms with Crippen molar-refractivity contribution in [3.05, 3.63) is 47.1 Å². The summed E-state index contributed by atoms with van der Waals surface area (Å²) in [5.74, 6) is -0.606. The molecule has 3 atom stereocenters. The molecule has 1 fully saturated rings. The lowest BCUT2D eigenvalue weighted by Gasteiger charge is -2.31. The van der Waals surface area contributed by atoms with Crippen molar-refractivity contribution in [2.75, 3.05) is 19.8 Å². The number of aromatic amines is 1. The van der Waals surface area contributed by atoms with E-state index in [1.165, 1.54) is 0 Å². The van der Waals surface area contributed by atoms with Crippen LogP contribution in [0, 0.1) is 5.92 Å². The van der Waals surface area contributed by atoms with Crippen LogP contribution in [0.25, 0.3) is 11.3 Å². The number of benzene rings is 1. The van der Waals surface area contributed by atoms with Gasteiger partial charge in [-0.3, -0.25) is 4.79 Å². The standard InChI is InChI=1S/C17H19ClN2O4/c18-12-3-1-10(2-4-12)13-5-6-14(20-13)17(23)19-7-11-8-24-9-15(21)16(11)22/h1-6,11,15-16,20-22H,7-9H2,(H,19,23)/t11-,15-,16+/m1/s1. The van der Waals surface area contributed by atoms with Gasteiger partial charge in [-0.15, -0.1) is 0 Å². The van der Waals surface area contributed by atoms with Crippen molar-refractivity contribution < 1.29 is 19.7 Å². The van der Waals surface area contributed by atoms with E-state index in [0.29, 0.717) is 17.3 Å². The highest BCUT2D eigenvalue weighted by atomic mass is 35.5. The van der Waals surface area contributed by atoms with Crippen LogP contribution in [-0.2, 0) is 4.74 Å². The van der Waals surface area contributed by atoms with E-state index in [-0.39, 0.29) is 25.0 Å². The highest BCUT2D eigenvalue weighted by Crippen LogP contribution is 2.21. The third-order valence-electron chi connectivity index (χ3n) is 4.11. The summed E-state index contributed by atoms with van der Waals surface area (Å²) < 4.78 is 5.19. The molecule has 6 nitrogen and oxygen atoms in total. The van der Waals surface area contributed by atoms with Gasteiger partial charge in [0, 0.05) is 23.2 Å². The Balaban J connectivity index is 1.60. The Labute approximate surface area is 144 Å². The van der Waals surface area contributed by atoms with Crippen molar-refractivity contribution in [1.29, 1.82) is 0 Å². The Hall–Kier alpha value is -1.86. The van der Waals surface area contributed by atoms with Crippen LogP contribution in [0.3, 0.4) is 0 Å². The molecular weight excluding hydrogens is 332 g/mol. The number of rotatable bonds is 4. The zero-order valence-corrected chi connectivity index (χ0v) is 13.7. The average Bonchev–Trinajstić information content (AvgIpc) is 3.07. The second kappa shape index (κ2) is 7.36. The van der Waals surface area contributed by atoms with Gasteiger partial charge < -0.3 is 25.3 Å². The Morgan fingerprint density at radius 3 is 2.71 bits per heavy atom. The van der Waals surface area contributed by atoms with Crippen LogP contribution >= 0.6 is 11.6 Å². The molecule has 0 spiro atoms. The van der Waals surface area contributed by atoms with Crippen LogP contribution in [-0.4, -0.2) is 53.1 Å². The molecular formula is C17H19ClN2O4. The topological polar surface area (TPSA) is 94.6 Å². The van der Waals surface area contributed by atoms with Gasteiger partial charge in [-0.05, 0) is 29.8 Å². The molecule has 0 saturated carbocycles. The fraction of sp³-hybridized carbons (Fsp3) is 0.353. The van der Waals surface area contributed by atoms with Gasteiger partial charge in [-0.25, -0.2) is 0 Å². The van der Waals surface area contributed by atoms with Crippen molar-refractivity contribution in [1.82, 2.24) is 10.3 Å². The van der Waals surface area contributed by atoms with E-state index in [2.05, 4.69) is 10.3 Å². The molecule has 3 rings (SSSR count). The number of H-pyrrole nitrogens is 1. The van der Waals surface area contributed by atoms with Crippen LogP contribution in [0.1, 0.15) is 10.5 Å². The Bertz CT molecular complexity index is 701. The SMILES string of the molecule is O=C(NC[C@@H]1COC[C@@H](O)[C@H]1O)c1ccc(-c2ccc(Cl)cc2)[nH]1. The van der Waals surface area contributed by atoms with Crippen LogP contribution in [0.15, 0.2) is 36.4 Å². The number of aliphatic hydroxyl groups excluding tert-OH is 2. The minimum absolute atomic E-state index is 0.118. The number of halogens is 1. The number of ether oxygens (including phenoxy) is 1. The van der Waals surface area contributed by atoms with Crippen molar-refractivity contribution in [3.8, 4) is 11.3 Å². The summed E-state index contributed by atoms with van der Waals surface area (Å²) in [6, 6.07) is 10.8. The van der Waals surface area contributed by atoms with Crippen molar-refractivity contribution >= 4 is 17.5 Å². The molecule has 0 aliphatic carbocycles. The largest absolute Gasteiger partial charge is 0.390 e. The lowest BCUT2D eigenvalue weighted by atomic mass is 9.96. The number of hydrogen-bond acceptors (Lipinski definition) is 4. The molecule has 128 valence electrons. The minimum atomic E-state index is -0.914. The molecule has 0 unspecified atom stereocenters. The van der Waals surface area contributed by atoms with Gasteiger partial charge in [-0.1, -0.05) is 23.7 Å². The first kappa shape index (κ1) is 17.0. The van der Waals surface area contributed by atoms with Gasteiger partial charge in [0.25, 0.3) is 5.91 Å². The summed E-state index contributed by atoms with van der Waals surface area (Å²) in [6.07, 6.45) is -1.81. The number of carbonyl (C=O) groups is 1. The molecule has 2 aromatic rings. The van der Waals surface area contributed by atoms with Crippen molar-refractivity contribution in [2.24, 2.45) is 5.92 Å². The van der Waals surface area contributed by atoms with Gasteiger partial charge in [0.1, 0.15) is 11.8 Å². The summed E-state index contributed by atoms with van der Waals surface area (Å²) >= 11 is 5.87. The highest BCUT2D eigenvalue weighted by molar-refractivity contribution is 6.30. The van der Waals surface area contributed by atoms with E-state index < -0.39 is 12.2 Å². The quantitative estimate of drug-likeness (QED) is 0.671. The zero-order chi connectivity index (χ0) is 17.1. The molecule has 24 heavy (non-hydrogen) atoms. The zero-order valence-electron chi connectivity index (χ0n) is 12.9. The van der Waals surface area contributed by atoms with Crippen LogP contribution in [0.2, 0.25) is 5.02 Å². The molecule has 2 heterocycles. The van der Waals surface area contributed by atoms with Crippen LogP contribution < -0.4 is 5.32 Å². The molecule has 1 aliphatic heterocycles.